The highest BCUT2D eigenvalue weighted by molar-refractivity contribution is 5.99. The summed E-state index contributed by atoms with van der Waals surface area (Å²) in [7, 11) is 0. The second-order valence-electron chi connectivity index (χ2n) is 5.16. The third-order valence-electron chi connectivity index (χ3n) is 3.57. The number of nitrogens with one attached hydrogen (secondary N) is 1. The summed E-state index contributed by atoms with van der Waals surface area (Å²) in [5.74, 6) is -1.69. The summed E-state index contributed by atoms with van der Waals surface area (Å²) < 4.78 is 31.3. The topological polar surface area (TPSA) is 77.3 Å². The van der Waals surface area contributed by atoms with Gasteiger partial charge in [0.1, 0.15) is 12.4 Å². The molecule has 0 aliphatic rings. The highest BCUT2D eigenvalue weighted by atomic mass is 19.2. The van der Waals surface area contributed by atoms with Crippen molar-refractivity contribution in [3.05, 3.63) is 70.5 Å². The minimum absolute atomic E-state index is 0.0216. The molecule has 0 saturated carbocycles. The fraction of sp³-hybridized carbons (Fsp3) is 0.118. The van der Waals surface area contributed by atoms with Crippen LogP contribution in [-0.4, -0.2) is 23.1 Å². The number of ether oxygens (including phenoxy) is 1. The van der Waals surface area contributed by atoms with E-state index in [2.05, 4.69) is 10.3 Å². The van der Waals surface area contributed by atoms with Gasteiger partial charge in [0.2, 0.25) is 0 Å². The average Bonchev–Trinajstić information content (AvgIpc) is 2.61. The quantitative estimate of drug-likeness (QED) is 0.416. The molecule has 8 heteroatoms. The van der Waals surface area contributed by atoms with Crippen LogP contribution in [0.2, 0.25) is 0 Å². The largest absolute Gasteiger partial charge is 0.492 e. The van der Waals surface area contributed by atoms with Gasteiger partial charge in [-0.2, -0.15) is 0 Å². The molecule has 0 atom stereocenters. The van der Waals surface area contributed by atoms with Crippen molar-refractivity contribution in [2.45, 2.75) is 0 Å². The monoisotopic (exact) mass is 345 g/mol. The third-order valence-corrected chi connectivity index (χ3v) is 3.57. The van der Waals surface area contributed by atoms with Crippen LogP contribution < -0.4 is 10.1 Å². The Bertz CT molecular complexity index is 934. The molecular weight excluding hydrogens is 332 g/mol. The van der Waals surface area contributed by atoms with Crippen LogP contribution in [0.25, 0.3) is 10.8 Å². The van der Waals surface area contributed by atoms with Crippen molar-refractivity contribution < 1.29 is 18.4 Å². The zero-order valence-electron chi connectivity index (χ0n) is 12.9. The van der Waals surface area contributed by atoms with Crippen LogP contribution in [0.3, 0.4) is 0 Å². The summed E-state index contributed by atoms with van der Waals surface area (Å²) in [5, 5.41) is 15.3. The summed E-state index contributed by atoms with van der Waals surface area (Å²) in [5.41, 5.74) is 0.670. The van der Waals surface area contributed by atoms with Gasteiger partial charge in [0.25, 0.3) is 5.69 Å². The van der Waals surface area contributed by atoms with Crippen molar-refractivity contribution in [1.29, 1.82) is 0 Å². The number of anilines is 1. The van der Waals surface area contributed by atoms with Gasteiger partial charge < -0.3 is 10.1 Å². The van der Waals surface area contributed by atoms with E-state index in [0.29, 0.717) is 23.0 Å². The number of hydrogen-bond acceptors (Lipinski definition) is 5. The van der Waals surface area contributed by atoms with Crippen molar-refractivity contribution in [2.24, 2.45) is 0 Å². The molecular formula is C17H13F2N3O3. The zero-order chi connectivity index (χ0) is 17.8. The molecule has 0 radical (unpaired) electrons. The fourth-order valence-corrected chi connectivity index (χ4v) is 2.41. The van der Waals surface area contributed by atoms with Crippen LogP contribution in [0.5, 0.6) is 5.75 Å². The second kappa shape index (κ2) is 7.08. The molecule has 0 spiro atoms. The average molecular weight is 345 g/mol. The van der Waals surface area contributed by atoms with E-state index in [1.54, 1.807) is 18.3 Å². The van der Waals surface area contributed by atoms with Crippen LogP contribution in [0.15, 0.2) is 48.8 Å². The molecule has 25 heavy (non-hydrogen) atoms. The number of rotatable bonds is 6. The van der Waals surface area contributed by atoms with E-state index in [9.17, 15) is 18.9 Å². The molecule has 128 valence electrons. The number of pyridine rings is 1. The molecule has 0 aliphatic carbocycles. The molecule has 0 fully saturated rings. The lowest BCUT2D eigenvalue weighted by atomic mass is 10.1. The van der Waals surface area contributed by atoms with E-state index >= 15 is 0 Å². The van der Waals surface area contributed by atoms with E-state index < -0.39 is 16.6 Å². The van der Waals surface area contributed by atoms with Gasteiger partial charge in [0.15, 0.2) is 11.6 Å². The van der Waals surface area contributed by atoms with Crippen molar-refractivity contribution in [3.8, 4) is 5.75 Å². The lowest BCUT2D eigenvalue weighted by Gasteiger charge is -2.11. The Hall–Kier alpha value is -3.29. The minimum atomic E-state index is -0.973. The number of halogens is 2. The number of hydrogen-bond donors (Lipinski definition) is 1. The number of nitro groups is 1. The molecule has 0 aliphatic heterocycles. The number of nitrogens with zero attached hydrogens (tertiary/aromatic N) is 2. The van der Waals surface area contributed by atoms with Crippen LogP contribution >= 0.6 is 0 Å². The van der Waals surface area contributed by atoms with Gasteiger partial charge in [-0.05, 0) is 24.3 Å². The number of fused-ring (bicyclic) bond motifs is 1. The van der Waals surface area contributed by atoms with E-state index in [1.807, 2.05) is 0 Å². The molecule has 1 aromatic heterocycles. The summed E-state index contributed by atoms with van der Waals surface area (Å²) >= 11 is 0. The molecule has 2 aromatic carbocycles. The number of non-ortho nitro benzene ring substituents is 1. The first-order chi connectivity index (χ1) is 12.1. The van der Waals surface area contributed by atoms with Gasteiger partial charge >= 0.3 is 0 Å². The Balaban J connectivity index is 1.68. The minimum Gasteiger partial charge on any atom is -0.492 e. The van der Waals surface area contributed by atoms with E-state index in [1.165, 1.54) is 18.3 Å². The molecule has 1 heterocycles. The third kappa shape index (κ3) is 3.63. The Morgan fingerprint density at radius 3 is 2.72 bits per heavy atom. The Kier molecular flexibility index (Phi) is 4.69. The number of aromatic nitrogens is 1. The van der Waals surface area contributed by atoms with Crippen LogP contribution in [0.4, 0.5) is 20.2 Å². The Morgan fingerprint density at radius 2 is 1.96 bits per heavy atom. The lowest BCUT2D eigenvalue weighted by molar-refractivity contribution is -0.383. The van der Waals surface area contributed by atoms with E-state index in [0.717, 1.165) is 12.1 Å². The van der Waals surface area contributed by atoms with Gasteiger partial charge in [-0.3, -0.25) is 15.1 Å². The highest BCUT2D eigenvalue weighted by Crippen LogP contribution is 2.30. The smallest absolute Gasteiger partial charge is 0.278 e. The van der Waals surface area contributed by atoms with Crippen LogP contribution in [0, 0.1) is 21.7 Å². The molecule has 1 N–H and O–H groups in total. The van der Waals surface area contributed by atoms with Gasteiger partial charge in [0, 0.05) is 42.1 Å². The standard InChI is InChI=1S/C17H13F2N3O3/c18-14-2-1-11(9-15(14)19)25-8-7-21-16-3-4-17(22(23)24)13-10-20-6-5-12(13)16/h1-6,9-10,21H,7-8H2. The summed E-state index contributed by atoms with van der Waals surface area (Å²) in [6.07, 6.45) is 2.99. The van der Waals surface area contributed by atoms with Crippen molar-refractivity contribution >= 4 is 22.1 Å². The maximum absolute atomic E-state index is 13.1. The highest BCUT2D eigenvalue weighted by Gasteiger charge is 2.14. The summed E-state index contributed by atoms with van der Waals surface area (Å²) in [4.78, 5) is 14.5. The van der Waals surface area contributed by atoms with Gasteiger partial charge in [-0.1, -0.05) is 0 Å². The number of nitro benzene ring substituents is 1. The molecule has 3 rings (SSSR count). The normalized spacial score (nSPS) is 10.6. The predicted octanol–water partition coefficient (Wildman–Crippen LogP) is 3.91. The summed E-state index contributed by atoms with van der Waals surface area (Å²) in [6, 6.07) is 8.00. The number of benzene rings is 2. The van der Waals surface area contributed by atoms with E-state index in [4.69, 9.17) is 4.74 Å². The maximum atomic E-state index is 13.1. The Morgan fingerprint density at radius 1 is 1.12 bits per heavy atom. The van der Waals surface area contributed by atoms with Crippen LogP contribution in [-0.2, 0) is 0 Å². The van der Waals surface area contributed by atoms with Gasteiger partial charge in [-0.25, -0.2) is 8.78 Å². The lowest BCUT2D eigenvalue weighted by Crippen LogP contribution is -2.12. The first-order valence-electron chi connectivity index (χ1n) is 7.39. The van der Waals surface area contributed by atoms with Gasteiger partial charge in [-0.15, -0.1) is 0 Å². The SMILES string of the molecule is O=[N+]([O-])c1ccc(NCCOc2ccc(F)c(F)c2)c2ccncc12. The maximum Gasteiger partial charge on any atom is 0.278 e. The second-order valence-corrected chi connectivity index (χ2v) is 5.16. The van der Waals surface area contributed by atoms with Crippen molar-refractivity contribution in [2.75, 3.05) is 18.5 Å². The molecule has 0 bridgehead atoms. The first-order valence-corrected chi connectivity index (χ1v) is 7.39. The zero-order valence-corrected chi connectivity index (χ0v) is 12.9. The van der Waals surface area contributed by atoms with E-state index in [-0.39, 0.29) is 18.0 Å². The van der Waals surface area contributed by atoms with Crippen LogP contribution in [0.1, 0.15) is 0 Å². The molecule has 0 amide bonds. The van der Waals surface area contributed by atoms with Crippen molar-refractivity contribution in [3.63, 3.8) is 0 Å². The molecule has 0 saturated heterocycles. The molecule has 0 unspecified atom stereocenters. The Labute approximate surface area is 141 Å². The molecule has 3 aromatic rings. The first kappa shape index (κ1) is 16.6. The fourth-order valence-electron chi connectivity index (χ4n) is 2.41. The summed E-state index contributed by atoms with van der Waals surface area (Å²) in [6.45, 7) is 0.572. The van der Waals surface area contributed by atoms with Gasteiger partial charge in [0.05, 0.1) is 10.3 Å². The molecule has 6 nitrogen and oxygen atoms in total. The predicted molar refractivity (Wildman–Crippen MR) is 88.7 cm³/mol. The van der Waals surface area contributed by atoms with Crippen molar-refractivity contribution in [1.82, 2.24) is 4.98 Å².